The summed E-state index contributed by atoms with van der Waals surface area (Å²) in [6, 6.07) is 17.3. The topological polar surface area (TPSA) is 236 Å². The molecule has 0 fully saturated rings. The molecule has 6 aromatic heterocycles. The van der Waals surface area contributed by atoms with Crippen molar-refractivity contribution in [3.63, 3.8) is 0 Å². The van der Waals surface area contributed by atoms with Gasteiger partial charge in [-0.3, -0.25) is 14.8 Å². The Kier molecular flexibility index (Phi) is 14.7. The number of carbonyl (C=O) groups is 2. The van der Waals surface area contributed by atoms with E-state index in [2.05, 4.69) is 44.7 Å². The Labute approximate surface area is 359 Å². The highest BCUT2D eigenvalue weighted by atomic mass is 35.5. The highest BCUT2D eigenvalue weighted by Crippen LogP contribution is 2.30. The van der Waals surface area contributed by atoms with E-state index in [1.54, 1.807) is 37.5 Å². The van der Waals surface area contributed by atoms with Crippen molar-refractivity contribution in [2.24, 2.45) is 5.73 Å². The number of pyridine rings is 2. The van der Waals surface area contributed by atoms with Gasteiger partial charge in [0.2, 0.25) is 29.3 Å². The van der Waals surface area contributed by atoms with Crippen molar-refractivity contribution in [1.82, 2.24) is 40.2 Å². The molecule has 6 heterocycles. The van der Waals surface area contributed by atoms with Crippen molar-refractivity contribution >= 4 is 35.0 Å². The van der Waals surface area contributed by atoms with E-state index in [1.807, 2.05) is 24.3 Å². The van der Waals surface area contributed by atoms with Crippen molar-refractivity contribution in [3.05, 3.63) is 142 Å². The Hall–Kier alpha value is -7.09. The lowest BCUT2D eigenvalue weighted by Gasteiger charge is -2.02. The van der Waals surface area contributed by atoms with Crippen LogP contribution in [0.15, 0.2) is 116 Å². The molecule has 0 aliphatic rings. The Morgan fingerprint density at radius 3 is 1.71 bits per heavy atom. The third kappa shape index (κ3) is 12.2. The van der Waals surface area contributed by atoms with Gasteiger partial charge in [-0.15, -0.1) is 0 Å². The molecule has 8 aromatic rings. The van der Waals surface area contributed by atoms with Gasteiger partial charge in [0, 0.05) is 82.4 Å². The van der Waals surface area contributed by atoms with Gasteiger partial charge >= 0.3 is 18.0 Å². The quantitative estimate of drug-likeness (QED) is 0.109. The molecular formula is C41H32Cl2F3N9O7. The largest absolute Gasteiger partial charge is 0.478 e. The Morgan fingerprint density at radius 1 is 0.694 bits per heavy atom. The number of benzene rings is 2. The molecule has 0 atom stereocenters. The van der Waals surface area contributed by atoms with Crippen LogP contribution in [0.2, 0.25) is 10.0 Å². The molecule has 0 saturated heterocycles. The predicted octanol–water partition coefficient (Wildman–Crippen LogP) is 9.30. The minimum atomic E-state index is -4.75. The monoisotopic (exact) mass is 889 g/mol. The maximum Gasteiger partial charge on any atom is 0.471 e. The summed E-state index contributed by atoms with van der Waals surface area (Å²) >= 11 is 11.7. The lowest BCUT2D eigenvalue weighted by atomic mass is 10.0. The maximum absolute atomic E-state index is 12.6. The van der Waals surface area contributed by atoms with E-state index >= 15 is 0 Å². The SMILES string of the molecule is Cc1nc(-c2cncc(C(=O)O)c2)no1.NCCc1coc(-c2ccc(Cl)cc2)n1.O=C(CCCc1coc(-c2ccc(Cl)cc2)n1)c1cncc(-c2noc(C(F)(F)F)n2)c1. The van der Waals surface area contributed by atoms with E-state index in [-0.39, 0.29) is 34.7 Å². The van der Waals surface area contributed by atoms with E-state index < -0.39 is 18.0 Å². The van der Waals surface area contributed by atoms with Gasteiger partial charge in [0.15, 0.2) is 5.78 Å². The van der Waals surface area contributed by atoms with Crippen LogP contribution in [-0.2, 0) is 19.0 Å². The average Bonchev–Trinajstić information content (AvgIpc) is 4.11. The molecule has 8 rings (SSSR count). The van der Waals surface area contributed by atoms with Gasteiger partial charge in [0.25, 0.3) is 0 Å². The second-order valence-electron chi connectivity index (χ2n) is 12.9. The van der Waals surface area contributed by atoms with Crippen molar-refractivity contribution in [1.29, 1.82) is 0 Å². The number of Topliss-reactive ketones (excluding diaryl/α,β-unsaturated/α-hetero) is 1. The van der Waals surface area contributed by atoms with Crippen LogP contribution in [0.3, 0.4) is 0 Å². The number of aromatic nitrogens is 8. The maximum atomic E-state index is 12.6. The number of halogens is 5. The van der Waals surface area contributed by atoms with Crippen LogP contribution < -0.4 is 5.73 Å². The summed E-state index contributed by atoms with van der Waals surface area (Å²) in [7, 11) is 0. The van der Waals surface area contributed by atoms with Crippen LogP contribution in [-0.4, -0.2) is 63.6 Å². The van der Waals surface area contributed by atoms with Crippen LogP contribution in [0.5, 0.6) is 0 Å². The Bertz CT molecular complexity index is 2740. The normalized spacial score (nSPS) is 11.0. The molecule has 0 bridgehead atoms. The number of carbonyl (C=O) groups excluding carboxylic acids is 1. The van der Waals surface area contributed by atoms with Crippen molar-refractivity contribution in [2.75, 3.05) is 6.54 Å². The number of hydrogen-bond donors (Lipinski definition) is 2. The number of aryl methyl sites for hydroxylation is 2. The standard InChI is InChI=1S/C21H14ClF3N4O3.C11H11ClN2O.C9H7N3O3/c22-15-6-4-12(5-7-15)19-27-16(11-31-19)2-1-3-17(30)13-8-14(10-26-9-13)18-28-20(32-29-18)21(23,24)25;12-9-3-1-8(2-4-9)11-14-10(5-6-13)7-15-11;1-5-11-8(12-15-5)6-2-7(9(13)14)4-10-3-6/h4-11H,1-3H2;1-4,7H,5-6,13H2;2-4H,1H3,(H,13,14). The lowest BCUT2D eigenvalue weighted by Crippen LogP contribution is -2.05. The second-order valence-corrected chi connectivity index (χ2v) is 13.8. The Morgan fingerprint density at radius 2 is 1.21 bits per heavy atom. The van der Waals surface area contributed by atoms with E-state index in [0.717, 1.165) is 23.2 Å². The van der Waals surface area contributed by atoms with Crippen LogP contribution in [0.25, 0.3) is 45.7 Å². The molecule has 0 aliphatic heterocycles. The third-order valence-electron chi connectivity index (χ3n) is 8.28. The summed E-state index contributed by atoms with van der Waals surface area (Å²) in [6.07, 6.45) is 5.69. The first kappa shape index (κ1) is 44.5. The van der Waals surface area contributed by atoms with Crippen LogP contribution >= 0.6 is 23.2 Å². The molecule has 21 heteroatoms. The van der Waals surface area contributed by atoms with Crippen LogP contribution in [0.1, 0.15) is 56.7 Å². The number of hydrogen-bond acceptors (Lipinski definition) is 15. The number of alkyl halides is 3. The fourth-order valence-corrected chi connectivity index (χ4v) is 5.53. The van der Waals surface area contributed by atoms with Gasteiger partial charge in [-0.2, -0.15) is 23.1 Å². The number of aromatic carboxylic acids is 1. The summed E-state index contributed by atoms with van der Waals surface area (Å²) in [6.45, 7) is 2.23. The summed E-state index contributed by atoms with van der Waals surface area (Å²) < 4.78 is 57.7. The molecule has 0 unspecified atom stereocenters. The van der Waals surface area contributed by atoms with Gasteiger partial charge in [0.05, 0.1) is 17.0 Å². The zero-order chi connectivity index (χ0) is 44.2. The smallest absolute Gasteiger partial charge is 0.471 e. The number of nitrogens with two attached hydrogens (primary N) is 1. The number of carboxylic acid groups (broad SMARTS) is 1. The molecule has 0 amide bonds. The highest BCUT2D eigenvalue weighted by molar-refractivity contribution is 6.30. The summed E-state index contributed by atoms with van der Waals surface area (Å²) in [5, 5.41) is 17.0. The molecule has 0 aliphatic carbocycles. The zero-order valence-corrected chi connectivity index (χ0v) is 33.7. The highest BCUT2D eigenvalue weighted by Gasteiger charge is 2.38. The van der Waals surface area contributed by atoms with E-state index in [9.17, 15) is 22.8 Å². The van der Waals surface area contributed by atoms with E-state index in [1.165, 1.54) is 43.2 Å². The first-order valence-electron chi connectivity index (χ1n) is 18.2. The fourth-order valence-electron chi connectivity index (χ4n) is 5.28. The number of carboxylic acids is 1. The molecule has 3 N–H and O–H groups in total. The van der Waals surface area contributed by atoms with Gasteiger partial charge in [-0.25, -0.2) is 14.8 Å². The third-order valence-corrected chi connectivity index (χ3v) is 8.78. The Balaban J connectivity index is 0.000000177. The molecule has 2 aromatic carbocycles. The van der Waals surface area contributed by atoms with E-state index in [4.69, 9.17) is 47.4 Å². The first-order chi connectivity index (χ1) is 29.7. The number of oxazole rings is 2. The molecule has 0 spiro atoms. The summed E-state index contributed by atoms with van der Waals surface area (Å²) in [5.41, 5.74) is 9.71. The number of ketones is 1. The zero-order valence-electron chi connectivity index (χ0n) is 32.2. The minimum absolute atomic E-state index is 0.0925. The molecular weight excluding hydrogens is 858 g/mol. The van der Waals surface area contributed by atoms with Crippen LogP contribution in [0, 0.1) is 6.92 Å². The van der Waals surface area contributed by atoms with Crippen molar-refractivity contribution < 1.29 is 45.7 Å². The minimum Gasteiger partial charge on any atom is -0.478 e. The molecule has 16 nitrogen and oxygen atoms in total. The molecule has 318 valence electrons. The molecule has 62 heavy (non-hydrogen) atoms. The second kappa shape index (κ2) is 20.4. The van der Waals surface area contributed by atoms with Gasteiger partial charge in [0.1, 0.15) is 12.5 Å². The van der Waals surface area contributed by atoms with Gasteiger partial charge in [-0.05, 0) is 80.1 Å². The van der Waals surface area contributed by atoms with E-state index in [0.29, 0.717) is 64.2 Å². The van der Waals surface area contributed by atoms with Crippen LogP contribution in [0.4, 0.5) is 13.2 Å². The number of rotatable bonds is 12. The summed E-state index contributed by atoms with van der Waals surface area (Å²) in [4.78, 5) is 46.9. The predicted molar refractivity (Wildman–Crippen MR) is 216 cm³/mol. The molecule has 0 radical (unpaired) electrons. The molecule has 0 saturated carbocycles. The number of nitrogens with zero attached hydrogens (tertiary/aromatic N) is 8. The van der Waals surface area contributed by atoms with Crippen molar-refractivity contribution in [3.8, 4) is 45.7 Å². The van der Waals surface area contributed by atoms with Gasteiger partial charge in [-0.1, -0.05) is 33.5 Å². The summed E-state index contributed by atoms with van der Waals surface area (Å²) in [5.74, 6) is -1.20. The average molecular weight is 891 g/mol. The van der Waals surface area contributed by atoms with Gasteiger partial charge < -0.3 is 28.7 Å². The fraction of sp³-hybridized carbons (Fsp3) is 0.171. The first-order valence-corrected chi connectivity index (χ1v) is 19.0. The van der Waals surface area contributed by atoms with Crippen molar-refractivity contribution in [2.45, 2.75) is 38.8 Å². The lowest BCUT2D eigenvalue weighted by molar-refractivity contribution is -0.159.